The molecule has 126 valence electrons. The molecule has 0 radical (unpaired) electrons. The number of rotatable bonds is 5. The first kappa shape index (κ1) is 16.8. The Morgan fingerprint density at radius 1 is 1.24 bits per heavy atom. The number of carboxylic acid groups (broad SMARTS) is 1. The van der Waals surface area contributed by atoms with Crippen molar-refractivity contribution >= 4 is 35.0 Å². The molecule has 1 aromatic heterocycles. The van der Waals surface area contributed by atoms with Crippen molar-refractivity contribution < 1.29 is 19.5 Å². The van der Waals surface area contributed by atoms with Crippen LogP contribution >= 0.6 is 11.8 Å². The maximum absolute atomic E-state index is 12.3. The van der Waals surface area contributed by atoms with Crippen LogP contribution in [-0.4, -0.2) is 38.2 Å². The second kappa shape index (κ2) is 6.82. The SMILES string of the molecule is C=CCN1C(=O)S/C(=C\c2cccn2-c2cccc(C(=O)O)c2)C1=O. The third kappa shape index (κ3) is 3.27. The molecule has 0 atom stereocenters. The van der Waals surface area contributed by atoms with Crippen LogP contribution in [0.3, 0.4) is 0 Å². The first-order chi connectivity index (χ1) is 12.0. The Balaban J connectivity index is 1.97. The van der Waals surface area contributed by atoms with E-state index >= 15 is 0 Å². The highest BCUT2D eigenvalue weighted by molar-refractivity contribution is 8.18. The number of carbonyl (C=O) groups excluding carboxylic acids is 2. The number of nitrogens with zero attached hydrogens (tertiary/aromatic N) is 2. The lowest BCUT2D eigenvalue weighted by Crippen LogP contribution is -2.27. The largest absolute Gasteiger partial charge is 0.478 e. The fourth-order valence-electron chi connectivity index (χ4n) is 2.46. The van der Waals surface area contributed by atoms with Gasteiger partial charge in [0.15, 0.2) is 0 Å². The standard InChI is InChI=1S/C18H14N2O4S/c1-2-8-20-16(21)15(25-18(20)24)11-14-7-4-9-19(14)13-6-3-5-12(10-13)17(22)23/h2-7,9-11H,1,8H2,(H,22,23)/b15-11-. The van der Waals surface area contributed by atoms with Gasteiger partial charge in [0.05, 0.1) is 10.5 Å². The van der Waals surface area contributed by atoms with Gasteiger partial charge in [0.25, 0.3) is 11.1 Å². The van der Waals surface area contributed by atoms with Gasteiger partial charge in [-0.25, -0.2) is 4.79 Å². The Bertz CT molecular complexity index is 913. The topological polar surface area (TPSA) is 79.6 Å². The predicted octanol–water partition coefficient (Wildman–Crippen LogP) is 3.40. The van der Waals surface area contributed by atoms with Crippen molar-refractivity contribution in [1.82, 2.24) is 9.47 Å². The number of hydrogen-bond acceptors (Lipinski definition) is 4. The summed E-state index contributed by atoms with van der Waals surface area (Å²) in [5.41, 5.74) is 1.50. The molecule has 0 spiro atoms. The van der Waals surface area contributed by atoms with Crippen LogP contribution in [-0.2, 0) is 4.79 Å². The van der Waals surface area contributed by atoms with Crippen molar-refractivity contribution in [3.05, 3.63) is 71.4 Å². The molecule has 1 N–H and O–H groups in total. The van der Waals surface area contributed by atoms with E-state index in [9.17, 15) is 14.4 Å². The zero-order valence-corrected chi connectivity index (χ0v) is 13.9. The molecule has 25 heavy (non-hydrogen) atoms. The summed E-state index contributed by atoms with van der Waals surface area (Å²) >= 11 is 0.875. The summed E-state index contributed by atoms with van der Waals surface area (Å²) in [6.45, 7) is 3.71. The maximum Gasteiger partial charge on any atom is 0.335 e. The first-order valence-electron chi connectivity index (χ1n) is 7.38. The molecule has 1 aliphatic rings. The van der Waals surface area contributed by atoms with Crippen LogP contribution in [0, 0.1) is 0 Å². The van der Waals surface area contributed by atoms with Crippen LogP contribution in [0.1, 0.15) is 16.1 Å². The molecule has 6 nitrogen and oxygen atoms in total. The quantitative estimate of drug-likeness (QED) is 0.657. The molecular weight excluding hydrogens is 340 g/mol. The van der Waals surface area contributed by atoms with E-state index < -0.39 is 5.97 Å². The second-order valence-corrected chi connectivity index (χ2v) is 6.23. The van der Waals surface area contributed by atoms with Crippen LogP contribution in [0.5, 0.6) is 0 Å². The number of imide groups is 1. The average molecular weight is 354 g/mol. The second-order valence-electron chi connectivity index (χ2n) is 5.24. The van der Waals surface area contributed by atoms with Gasteiger partial charge in [0.1, 0.15) is 0 Å². The molecule has 1 aromatic carbocycles. The van der Waals surface area contributed by atoms with E-state index in [1.54, 1.807) is 47.2 Å². The van der Waals surface area contributed by atoms with Crippen molar-refractivity contribution in [2.45, 2.75) is 0 Å². The summed E-state index contributed by atoms with van der Waals surface area (Å²) in [4.78, 5) is 36.8. The predicted molar refractivity (Wildman–Crippen MR) is 95.6 cm³/mol. The van der Waals surface area contributed by atoms with E-state index in [1.165, 1.54) is 12.1 Å². The molecule has 2 aromatic rings. The zero-order chi connectivity index (χ0) is 18.0. The minimum absolute atomic E-state index is 0.170. The van der Waals surface area contributed by atoms with E-state index in [-0.39, 0.29) is 23.3 Å². The van der Waals surface area contributed by atoms with E-state index in [0.29, 0.717) is 16.3 Å². The molecule has 3 rings (SSSR count). The average Bonchev–Trinajstić information content (AvgIpc) is 3.16. The minimum atomic E-state index is -1.01. The number of carboxylic acids is 1. The Kier molecular flexibility index (Phi) is 4.58. The third-order valence-corrected chi connectivity index (χ3v) is 4.52. The van der Waals surface area contributed by atoms with Gasteiger partial charge < -0.3 is 9.67 Å². The number of benzene rings is 1. The summed E-state index contributed by atoms with van der Waals surface area (Å²) in [6, 6.07) is 10.1. The highest BCUT2D eigenvalue weighted by atomic mass is 32.2. The van der Waals surface area contributed by atoms with E-state index in [2.05, 4.69) is 6.58 Å². The lowest BCUT2D eigenvalue weighted by Gasteiger charge is -2.09. The fourth-order valence-corrected chi connectivity index (χ4v) is 3.29. The molecule has 2 amide bonds. The first-order valence-corrected chi connectivity index (χ1v) is 8.20. The van der Waals surface area contributed by atoms with Gasteiger partial charge in [-0.1, -0.05) is 12.1 Å². The molecule has 1 aliphatic heterocycles. The van der Waals surface area contributed by atoms with Crippen LogP contribution in [0.25, 0.3) is 11.8 Å². The molecule has 0 aliphatic carbocycles. The number of aromatic carboxylic acids is 1. The van der Waals surface area contributed by atoms with Crippen molar-refractivity contribution in [3.63, 3.8) is 0 Å². The van der Waals surface area contributed by atoms with Crippen LogP contribution in [0.15, 0.2) is 60.2 Å². The molecule has 0 unspecified atom stereocenters. The number of hydrogen-bond donors (Lipinski definition) is 1. The summed E-state index contributed by atoms with van der Waals surface area (Å²) in [6.07, 6.45) is 4.89. The van der Waals surface area contributed by atoms with Crippen molar-refractivity contribution in [2.75, 3.05) is 6.54 Å². The molecule has 7 heteroatoms. The van der Waals surface area contributed by atoms with Gasteiger partial charge in [-0.15, -0.1) is 6.58 Å². The summed E-state index contributed by atoms with van der Waals surface area (Å²) in [5, 5.41) is 8.80. The summed E-state index contributed by atoms with van der Waals surface area (Å²) in [5.74, 6) is -1.37. The number of aromatic nitrogens is 1. The minimum Gasteiger partial charge on any atom is -0.478 e. The van der Waals surface area contributed by atoms with E-state index in [4.69, 9.17) is 5.11 Å². The Hall–Kier alpha value is -3.06. The lowest BCUT2D eigenvalue weighted by atomic mass is 10.2. The van der Waals surface area contributed by atoms with Gasteiger partial charge in [0, 0.05) is 24.1 Å². The van der Waals surface area contributed by atoms with Crippen molar-refractivity contribution in [1.29, 1.82) is 0 Å². The molecule has 0 bridgehead atoms. The fraction of sp³-hybridized carbons (Fsp3) is 0.0556. The molecule has 2 heterocycles. The smallest absolute Gasteiger partial charge is 0.335 e. The highest BCUT2D eigenvalue weighted by Crippen LogP contribution is 2.32. The summed E-state index contributed by atoms with van der Waals surface area (Å²) in [7, 11) is 0. The summed E-state index contributed by atoms with van der Waals surface area (Å²) < 4.78 is 1.76. The number of amides is 2. The van der Waals surface area contributed by atoms with Gasteiger partial charge in [-0.3, -0.25) is 14.5 Å². The van der Waals surface area contributed by atoms with Crippen molar-refractivity contribution in [3.8, 4) is 5.69 Å². The third-order valence-electron chi connectivity index (χ3n) is 3.62. The molecule has 0 saturated carbocycles. The van der Waals surface area contributed by atoms with Crippen LogP contribution in [0.4, 0.5) is 4.79 Å². The maximum atomic E-state index is 12.3. The Morgan fingerprint density at radius 3 is 2.76 bits per heavy atom. The van der Waals surface area contributed by atoms with E-state index in [1.807, 2.05) is 0 Å². The lowest BCUT2D eigenvalue weighted by molar-refractivity contribution is -0.122. The Morgan fingerprint density at radius 2 is 2.04 bits per heavy atom. The monoisotopic (exact) mass is 354 g/mol. The number of carbonyl (C=O) groups is 3. The Labute approximate surface area is 148 Å². The van der Waals surface area contributed by atoms with Crippen LogP contribution in [0.2, 0.25) is 0 Å². The van der Waals surface area contributed by atoms with E-state index in [0.717, 1.165) is 16.7 Å². The van der Waals surface area contributed by atoms with Crippen LogP contribution < -0.4 is 0 Å². The molecule has 1 saturated heterocycles. The van der Waals surface area contributed by atoms with Gasteiger partial charge in [-0.05, 0) is 48.2 Å². The zero-order valence-electron chi connectivity index (χ0n) is 13.1. The van der Waals surface area contributed by atoms with Gasteiger partial charge in [0.2, 0.25) is 0 Å². The molecular formula is C18H14N2O4S. The van der Waals surface area contributed by atoms with Gasteiger partial charge in [-0.2, -0.15) is 0 Å². The number of thioether (sulfide) groups is 1. The van der Waals surface area contributed by atoms with Crippen molar-refractivity contribution in [2.24, 2.45) is 0 Å². The molecule has 1 fully saturated rings. The normalized spacial score (nSPS) is 15.8. The highest BCUT2D eigenvalue weighted by Gasteiger charge is 2.34. The van der Waals surface area contributed by atoms with Gasteiger partial charge >= 0.3 is 5.97 Å².